The van der Waals surface area contributed by atoms with Gasteiger partial charge in [0.1, 0.15) is 11.9 Å². The molecule has 0 spiro atoms. The number of methoxy groups -OCH3 is 3. The van der Waals surface area contributed by atoms with Crippen molar-refractivity contribution in [1.82, 2.24) is 0 Å². The number of primary amides is 2. The number of amides is 3. The molecule has 1 aromatic rings. The van der Waals surface area contributed by atoms with Crippen molar-refractivity contribution < 1.29 is 38.1 Å². The van der Waals surface area contributed by atoms with E-state index in [1.807, 2.05) is 25.1 Å². The summed E-state index contributed by atoms with van der Waals surface area (Å²) in [6.45, 7) is 7.54. The first-order valence-corrected chi connectivity index (χ1v) is 13.7. The fraction of sp³-hybridized carbons (Fsp3) is 0.567. The zero-order valence-electron chi connectivity index (χ0n) is 25.1. The maximum atomic E-state index is 13.0. The van der Waals surface area contributed by atoms with E-state index >= 15 is 0 Å². The minimum absolute atomic E-state index is 0.181. The van der Waals surface area contributed by atoms with Crippen LogP contribution in [0, 0.1) is 11.8 Å². The summed E-state index contributed by atoms with van der Waals surface area (Å²) in [5.74, 6) is 0.352. The molecule has 1 heterocycles. The fourth-order valence-electron chi connectivity index (χ4n) is 5.32. The number of hydrogen-bond donors (Lipinski definition) is 3. The van der Waals surface area contributed by atoms with Crippen molar-refractivity contribution in [3.63, 3.8) is 0 Å². The third-order valence-corrected chi connectivity index (χ3v) is 7.22. The second kappa shape index (κ2) is 16.0. The van der Waals surface area contributed by atoms with E-state index in [2.05, 4.69) is 12.2 Å². The maximum Gasteiger partial charge on any atom is 0.405 e. The monoisotopic (exact) mass is 575 g/mol. The molecule has 0 saturated heterocycles. The molecule has 1 aliphatic rings. The normalized spacial score (nSPS) is 29.2. The molecule has 0 aliphatic carbocycles. The number of allylic oxidation sites excluding steroid dienone is 1. The molecule has 2 bridgehead atoms. The molecular formula is C30H45N3O8. The second-order valence-electron chi connectivity index (χ2n) is 10.6. The molecule has 2 unspecified atom stereocenters. The standard InChI is InChI=1S/C30H45N3O8/c1-17-11-21-14-22(16-23(15-21)37-5)33-28(34)18(2)9-8-10-24(40-29(31)35)27(41-30(32)36)20(4)13-19(3)26(39-7)25(12-17)38-6/h9,13-17,19,24-27H,8,10-12H2,1-7H3,(H2,31,35)(H2,32,36)(H,33,34)/b18-9+,20-13+/t17-,19+,24?,25-,26?,27+/m0/s1. The summed E-state index contributed by atoms with van der Waals surface area (Å²) in [6.07, 6.45) is 0.949. The summed E-state index contributed by atoms with van der Waals surface area (Å²) in [7, 11) is 4.85. The van der Waals surface area contributed by atoms with Crippen molar-refractivity contribution in [1.29, 1.82) is 0 Å². The highest BCUT2D eigenvalue weighted by molar-refractivity contribution is 6.03. The Hall–Kier alpha value is -3.57. The van der Waals surface area contributed by atoms with Crippen LogP contribution in [0.5, 0.6) is 5.75 Å². The van der Waals surface area contributed by atoms with Gasteiger partial charge in [-0.25, -0.2) is 9.59 Å². The molecule has 1 aliphatic heterocycles. The van der Waals surface area contributed by atoms with Crippen molar-refractivity contribution in [2.75, 3.05) is 26.6 Å². The molecule has 0 fully saturated rings. The van der Waals surface area contributed by atoms with Crippen LogP contribution in [0.3, 0.4) is 0 Å². The Labute approximate surface area is 242 Å². The number of carbonyl (C=O) groups is 3. The van der Waals surface area contributed by atoms with E-state index in [1.165, 1.54) is 0 Å². The van der Waals surface area contributed by atoms with Gasteiger partial charge in [0.25, 0.3) is 5.91 Å². The van der Waals surface area contributed by atoms with Crippen LogP contribution in [0.15, 0.2) is 41.5 Å². The summed E-state index contributed by atoms with van der Waals surface area (Å²) in [4.78, 5) is 36.6. The van der Waals surface area contributed by atoms with Crippen LogP contribution >= 0.6 is 0 Å². The van der Waals surface area contributed by atoms with Crippen LogP contribution < -0.4 is 21.5 Å². The second-order valence-corrected chi connectivity index (χ2v) is 10.6. The molecule has 0 radical (unpaired) electrons. The lowest BCUT2D eigenvalue weighted by molar-refractivity contribution is -0.112. The average molecular weight is 576 g/mol. The molecular weight excluding hydrogens is 530 g/mol. The minimum atomic E-state index is -1.03. The third kappa shape index (κ3) is 10.4. The van der Waals surface area contributed by atoms with Crippen LogP contribution in [0.1, 0.15) is 52.5 Å². The minimum Gasteiger partial charge on any atom is -0.497 e. The third-order valence-electron chi connectivity index (χ3n) is 7.22. The highest BCUT2D eigenvalue weighted by Crippen LogP contribution is 2.29. The van der Waals surface area contributed by atoms with Gasteiger partial charge < -0.3 is 40.5 Å². The Morgan fingerprint density at radius 2 is 1.63 bits per heavy atom. The van der Waals surface area contributed by atoms with E-state index < -0.39 is 24.4 Å². The number of hydrogen-bond acceptors (Lipinski definition) is 8. The predicted octanol–water partition coefficient (Wildman–Crippen LogP) is 4.48. The lowest BCUT2D eigenvalue weighted by Gasteiger charge is -2.32. The van der Waals surface area contributed by atoms with Crippen molar-refractivity contribution >= 4 is 23.8 Å². The number of ether oxygens (including phenoxy) is 5. The topological polar surface area (TPSA) is 161 Å². The smallest absolute Gasteiger partial charge is 0.405 e. The SMILES string of the molecule is COc1cc2cc(c1)NC(=O)/C(C)=C/CCC(OC(N)=O)[C@H](OC(N)=O)/C(C)=C/[C@@H](C)C(OC)[C@@H](OC)C[C@@H](C)C2. The summed E-state index contributed by atoms with van der Waals surface area (Å²) in [5, 5.41) is 2.93. The lowest BCUT2D eigenvalue weighted by atomic mass is 9.88. The van der Waals surface area contributed by atoms with E-state index in [0.29, 0.717) is 35.4 Å². The van der Waals surface area contributed by atoms with Gasteiger partial charge >= 0.3 is 12.2 Å². The maximum absolute atomic E-state index is 13.0. The van der Waals surface area contributed by atoms with Gasteiger partial charge in [-0.1, -0.05) is 26.0 Å². The molecule has 0 aromatic heterocycles. The molecule has 11 heteroatoms. The van der Waals surface area contributed by atoms with Crippen LogP contribution in [-0.2, 0) is 30.2 Å². The summed E-state index contributed by atoms with van der Waals surface area (Å²) in [6, 6.07) is 5.66. The number of nitrogens with one attached hydrogen (secondary N) is 1. The first-order valence-electron chi connectivity index (χ1n) is 13.7. The van der Waals surface area contributed by atoms with E-state index in [4.69, 9.17) is 35.2 Å². The Morgan fingerprint density at radius 1 is 0.951 bits per heavy atom. The molecule has 3 amide bonds. The van der Waals surface area contributed by atoms with Crippen molar-refractivity contribution in [3.8, 4) is 5.75 Å². The molecule has 2 rings (SSSR count). The summed E-state index contributed by atoms with van der Waals surface area (Å²) >= 11 is 0. The molecule has 5 N–H and O–H groups in total. The van der Waals surface area contributed by atoms with Crippen LogP contribution in [0.2, 0.25) is 0 Å². The van der Waals surface area contributed by atoms with Gasteiger partial charge in [-0.3, -0.25) is 4.79 Å². The number of fused-ring (bicyclic) bond motifs is 2. The van der Waals surface area contributed by atoms with Crippen LogP contribution in [-0.4, -0.2) is 63.8 Å². The lowest BCUT2D eigenvalue weighted by Crippen LogP contribution is -2.40. The van der Waals surface area contributed by atoms with Crippen molar-refractivity contribution in [2.24, 2.45) is 23.3 Å². The molecule has 0 saturated carbocycles. The number of nitrogens with two attached hydrogens (primary N) is 2. The Morgan fingerprint density at radius 3 is 2.22 bits per heavy atom. The van der Waals surface area contributed by atoms with Crippen molar-refractivity contribution in [2.45, 2.75) is 77.8 Å². The predicted molar refractivity (Wildman–Crippen MR) is 156 cm³/mol. The summed E-state index contributed by atoms with van der Waals surface area (Å²) in [5.41, 5.74) is 13.4. The highest BCUT2D eigenvalue weighted by Gasteiger charge is 2.32. The van der Waals surface area contributed by atoms with Crippen LogP contribution in [0.4, 0.5) is 15.3 Å². The molecule has 6 atom stereocenters. The first-order chi connectivity index (χ1) is 19.4. The fourth-order valence-corrected chi connectivity index (χ4v) is 5.32. The molecule has 41 heavy (non-hydrogen) atoms. The van der Waals surface area contributed by atoms with E-state index in [0.717, 1.165) is 12.0 Å². The van der Waals surface area contributed by atoms with Gasteiger partial charge in [0.05, 0.1) is 19.3 Å². The first kappa shape index (κ1) is 33.6. The van der Waals surface area contributed by atoms with Crippen LogP contribution in [0.25, 0.3) is 0 Å². The van der Waals surface area contributed by atoms with Gasteiger partial charge in [0.15, 0.2) is 6.10 Å². The largest absolute Gasteiger partial charge is 0.497 e. The average Bonchev–Trinajstić information content (AvgIpc) is 2.89. The number of benzene rings is 1. The van der Waals surface area contributed by atoms with Gasteiger partial charge in [-0.15, -0.1) is 0 Å². The highest BCUT2D eigenvalue weighted by atomic mass is 16.6. The van der Waals surface area contributed by atoms with E-state index in [1.54, 1.807) is 47.3 Å². The summed E-state index contributed by atoms with van der Waals surface area (Å²) < 4.78 is 28.0. The van der Waals surface area contributed by atoms with Gasteiger partial charge in [-0.05, 0) is 68.7 Å². The van der Waals surface area contributed by atoms with Gasteiger partial charge in [0.2, 0.25) is 0 Å². The molecule has 11 nitrogen and oxygen atoms in total. The molecule has 228 valence electrons. The number of anilines is 1. The quantitative estimate of drug-likeness (QED) is 0.433. The van der Waals surface area contributed by atoms with Gasteiger partial charge in [0, 0.05) is 37.5 Å². The zero-order valence-corrected chi connectivity index (χ0v) is 25.1. The molecule has 1 aromatic carbocycles. The zero-order chi connectivity index (χ0) is 30.7. The van der Waals surface area contributed by atoms with E-state index in [9.17, 15) is 14.4 Å². The number of rotatable bonds is 5. The number of carbonyl (C=O) groups excluding carboxylic acids is 3. The Bertz CT molecular complexity index is 1120. The van der Waals surface area contributed by atoms with E-state index in [-0.39, 0.29) is 36.4 Å². The van der Waals surface area contributed by atoms with Crippen molar-refractivity contribution in [3.05, 3.63) is 47.1 Å². The van der Waals surface area contributed by atoms with Gasteiger partial charge in [-0.2, -0.15) is 0 Å². The Kier molecular flexibility index (Phi) is 13.1. The Balaban J connectivity index is 2.58.